The molecule has 0 fully saturated rings. The van der Waals surface area contributed by atoms with Gasteiger partial charge in [-0.2, -0.15) is 0 Å². The minimum absolute atomic E-state index is 0.000510. The number of carbonyl (C=O) groups excluding carboxylic acids is 1. The second kappa shape index (κ2) is 9.60. The Labute approximate surface area is 99.3 Å². The van der Waals surface area contributed by atoms with Crippen LogP contribution in [0, 0.1) is 0 Å². The molecule has 0 saturated heterocycles. The Morgan fingerprint density at radius 3 is 2.44 bits per heavy atom. The molecule has 0 aliphatic rings. The van der Waals surface area contributed by atoms with Gasteiger partial charge in [0.25, 0.3) is 0 Å². The topological polar surface area (TPSA) is 41.6 Å². The standard InChI is InChI=1S/C12H26N2O2/c1-11(2)16-12(15)7-5-8-13-9-6-10-14(3)4/h11,13H,5-10H2,1-4H3. The Morgan fingerprint density at radius 2 is 1.88 bits per heavy atom. The van der Waals surface area contributed by atoms with Crippen LogP contribution in [0.5, 0.6) is 0 Å². The van der Waals surface area contributed by atoms with Gasteiger partial charge in [0.2, 0.25) is 0 Å². The first-order chi connectivity index (χ1) is 7.52. The zero-order valence-corrected chi connectivity index (χ0v) is 11.1. The number of rotatable bonds is 9. The number of hydrogen-bond acceptors (Lipinski definition) is 4. The van der Waals surface area contributed by atoms with Gasteiger partial charge < -0.3 is 15.0 Å². The molecule has 0 bridgehead atoms. The van der Waals surface area contributed by atoms with Gasteiger partial charge in [0, 0.05) is 6.42 Å². The van der Waals surface area contributed by atoms with Gasteiger partial charge in [-0.25, -0.2) is 0 Å². The second-order valence-corrected chi connectivity index (χ2v) is 4.55. The maximum absolute atomic E-state index is 11.2. The van der Waals surface area contributed by atoms with E-state index in [-0.39, 0.29) is 12.1 Å². The van der Waals surface area contributed by atoms with Crippen molar-refractivity contribution in [2.24, 2.45) is 0 Å². The highest BCUT2D eigenvalue weighted by Crippen LogP contribution is 1.96. The van der Waals surface area contributed by atoms with Gasteiger partial charge in [-0.15, -0.1) is 0 Å². The van der Waals surface area contributed by atoms with E-state index in [1.165, 1.54) is 0 Å². The Hall–Kier alpha value is -0.610. The third-order valence-corrected chi connectivity index (χ3v) is 2.06. The van der Waals surface area contributed by atoms with Crippen molar-refractivity contribution < 1.29 is 9.53 Å². The van der Waals surface area contributed by atoms with Crippen LogP contribution in [0.2, 0.25) is 0 Å². The molecule has 16 heavy (non-hydrogen) atoms. The van der Waals surface area contributed by atoms with Crippen molar-refractivity contribution in [3.8, 4) is 0 Å². The molecule has 0 aliphatic carbocycles. The van der Waals surface area contributed by atoms with Crippen molar-refractivity contribution in [3.05, 3.63) is 0 Å². The van der Waals surface area contributed by atoms with Crippen molar-refractivity contribution in [1.82, 2.24) is 10.2 Å². The lowest BCUT2D eigenvalue weighted by Gasteiger charge is -2.10. The van der Waals surface area contributed by atoms with Gasteiger partial charge in [-0.3, -0.25) is 4.79 Å². The monoisotopic (exact) mass is 230 g/mol. The van der Waals surface area contributed by atoms with Gasteiger partial charge in [-0.1, -0.05) is 0 Å². The molecule has 0 aliphatic heterocycles. The first-order valence-corrected chi connectivity index (χ1v) is 6.07. The average Bonchev–Trinajstić information content (AvgIpc) is 2.14. The predicted molar refractivity (Wildman–Crippen MR) is 66.5 cm³/mol. The van der Waals surface area contributed by atoms with E-state index >= 15 is 0 Å². The first kappa shape index (κ1) is 15.4. The van der Waals surface area contributed by atoms with Gasteiger partial charge in [0.15, 0.2) is 0 Å². The molecular formula is C12H26N2O2. The summed E-state index contributed by atoms with van der Waals surface area (Å²) in [4.78, 5) is 13.3. The molecule has 0 atom stereocenters. The third-order valence-electron chi connectivity index (χ3n) is 2.06. The fourth-order valence-corrected chi connectivity index (χ4v) is 1.32. The first-order valence-electron chi connectivity index (χ1n) is 6.07. The van der Waals surface area contributed by atoms with Gasteiger partial charge in [0.05, 0.1) is 6.10 Å². The summed E-state index contributed by atoms with van der Waals surface area (Å²) in [6, 6.07) is 0. The number of carbonyl (C=O) groups is 1. The highest BCUT2D eigenvalue weighted by atomic mass is 16.5. The van der Waals surface area contributed by atoms with Crippen LogP contribution in [0.1, 0.15) is 33.1 Å². The van der Waals surface area contributed by atoms with E-state index in [0.29, 0.717) is 6.42 Å². The largest absolute Gasteiger partial charge is 0.463 e. The number of ether oxygens (including phenoxy) is 1. The van der Waals surface area contributed by atoms with Crippen LogP contribution in [0.3, 0.4) is 0 Å². The van der Waals surface area contributed by atoms with Gasteiger partial charge in [-0.05, 0) is 60.4 Å². The lowest BCUT2D eigenvalue weighted by atomic mass is 10.3. The number of nitrogens with one attached hydrogen (secondary N) is 1. The molecule has 0 aromatic heterocycles. The van der Waals surface area contributed by atoms with Crippen LogP contribution in [0.4, 0.5) is 0 Å². The van der Waals surface area contributed by atoms with Gasteiger partial charge >= 0.3 is 5.97 Å². The molecule has 1 N–H and O–H groups in total. The SMILES string of the molecule is CC(C)OC(=O)CCCNCCCN(C)C. The van der Waals surface area contributed by atoms with E-state index in [2.05, 4.69) is 24.3 Å². The number of esters is 1. The maximum Gasteiger partial charge on any atom is 0.306 e. The van der Waals surface area contributed by atoms with E-state index in [0.717, 1.165) is 32.5 Å². The molecule has 0 rings (SSSR count). The van der Waals surface area contributed by atoms with Crippen LogP contribution in [-0.2, 0) is 9.53 Å². The summed E-state index contributed by atoms with van der Waals surface area (Å²) in [5.74, 6) is -0.0925. The minimum Gasteiger partial charge on any atom is -0.463 e. The van der Waals surface area contributed by atoms with Crippen LogP contribution >= 0.6 is 0 Å². The van der Waals surface area contributed by atoms with Crippen molar-refractivity contribution in [2.75, 3.05) is 33.7 Å². The number of nitrogens with zero attached hydrogens (tertiary/aromatic N) is 1. The summed E-state index contributed by atoms with van der Waals surface area (Å²) < 4.78 is 5.04. The molecule has 0 saturated carbocycles. The van der Waals surface area contributed by atoms with Crippen molar-refractivity contribution >= 4 is 5.97 Å². The summed E-state index contributed by atoms with van der Waals surface area (Å²) in [6.07, 6.45) is 2.51. The molecule has 96 valence electrons. The van der Waals surface area contributed by atoms with Crippen molar-refractivity contribution in [2.45, 2.75) is 39.2 Å². The fourth-order valence-electron chi connectivity index (χ4n) is 1.32. The van der Waals surface area contributed by atoms with E-state index in [4.69, 9.17) is 4.74 Å². The minimum atomic E-state index is -0.0925. The molecule has 0 spiro atoms. The van der Waals surface area contributed by atoms with E-state index in [9.17, 15) is 4.79 Å². The third kappa shape index (κ3) is 11.5. The van der Waals surface area contributed by atoms with Crippen LogP contribution in [-0.4, -0.2) is 50.7 Å². The van der Waals surface area contributed by atoms with E-state index in [1.807, 2.05) is 13.8 Å². The molecule has 0 aromatic carbocycles. The fraction of sp³-hybridized carbons (Fsp3) is 0.917. The maximum atomic E-state index is 11.2. The average molecular weight is 230 g/mol. The second-order valence-electron chi connectivity index (χ2n) is 4.55. The zero-order valence-electron chi connectivity index (χ0n) is 11.1. The van der Waals surface area contributed by atoms with Crippen LogP contribution < -0.4 is 5.32 Å². The summed E-state index contributed by atoms with van der Waals surface area (Å²) in [5.41, 5.74) is 0. The smallest absolute Gasteiger partial charge is 0.306 e. The molecule has 0 aromatic rings. The van der Waals surface area contributed by atoms with Crippen LogP contribution in [0.15, 0.2) is 0 Å². The van der Waals surface area contributed by atoms with Crippen LogP contribution in [0.25, 0.3) is 0 Å². The van der Waals surface area contributed by atoms with Crippen molar-refractivity contribution in [3.63, 3.8) is 0 Å². The Kier molecular flexibility index (Phi) is 9.24. The quantitative estimate of drug-likeness (QED) is 0.478. The summed E-state index contributed by atoms with van der Waals surface area (Å²) in [6.45, 7) is 6.75. The lowest BCUT2D eigenvalue weighted by molar-refractivity contribution is -0.147. The summed E-state index contributed by atoms with van der Waals surface area (Å²) in [5, 5.41) is 3.31. The highest BCUT2D eigenvalue weighted by Gasteiger charge is 2.04. The molecule has 0 amide bonds. The van der Waals surface area contributed by atoms with Crippen molar-refractivity contribution in [1.29, 1.82) is 0 Å². The molecule has 0 radical (unpaired) electrons. The number of hydrogen-bond donors (Lipinski definition) is 1. The lowest BCUT2D eigenvalue weighted by Crippen LogP contribution is -2.22. The van der Waals surface area contributed by atoms with Gasteiger partial charge in [0.1, 0.15) is 0 Å². The predicted octanol–water partition coefficient (Wildman–Crippen LogP) is 1.26. The normalized spacial score (nSPS) is 11.1. The summed E-state index contributed by atoms with van der Waals surface area (Å²) in [7, 11) is 4.14. The van der Waals surface area contributed by atoms with E-state index < -0.39 is 0 Å². The molecule has 4 nitrogen and oxygen atoms in total. The summed E-state index contributed by atoms with van der Waals surface area (Å²) >= 11 is 0. The molecule has 0 unspecified atom stereocenters. The highest BCUT2D eigenvalue weighted by molar-refractivity contribution is 5.69. The molecule has 0 heterocycles. The Bertz CT molecular complexity index is 182. The van der Waals surface area contributed by atoms with E-state index in [1.54, 1.807) is 0 Å². The molecular weight excluding hydrogens is 204 g/mol. The zero-order chi connectivity index (χ0) is 12.4. The Morgan fingerprint density at radius 1 is 1.25 bits per heavy atom. The molecule has 4 heteroatoms. The Balaban J connectivity index is 3.18.